The monoisotopic (exact) mass is 812 g/mol. The van der Waals surface area contributed by atoms with Crippen molar-refractivity contribution in [3.05, 3.63) is 98.0 Å². The predicted octanol–water partition coefficient (Wildman–Crippen LogP) is 8.83. The SMILES string of the molecule is CN(C(=O)OC(C)(C)C)c1c2c(c(OC(=O)OC(C)(C)C)c3cc(Br)ccc13)C(=O)C1=C3O[C@]34C(=O)c3c(COCc5ccccc5)noc3C[C@@H]4CC1C2. The fourth-order valence-corrected chi connectivity index (χ4v) is 8.52. The number of carbonyl (C=O) groups is 4. The highest BCUT2D eigenvalue weighted by atomic mass is 79.9. The number of Topliss-reactive ketones (excluding diaryl/α,β-unsaturated/α-hetero) is 2. The van der Waals surface area contributed by atoms with Gasteiger partial charge in [-0.2, -0.15) is 0 Å². The van der Waals surface area contributed by atoms with E-state index >= 15 is 4.79 Å². The van der Waals surface area contributed by atoms with Crippen molar-refractivity contribution < 1.29 is 47.4 Å². The summed E-state index contributed by atoms with van der Waals surface area (Å²) in [6.45, 7) is 10.9. The molecule has 3 atom stereocenters. The molecule has 1 amide bonds. The van der Waals surface area contributed by atoms with E-state index in [0.29, 0.717) is 74.3 Å². The maximum atomic E-state index is 15.1. The Balaban J connectivity index is 1.23. The highest BCUT2D eigenvalue weighted by molar-refractivity contribution is 9.10. The molecule has 286 valence electrons. The minimum absolute atomic E-state index is 0.00981. The molecule has 1 fully saturated rings. The molecule has 1 saturated heterocycles. The summed E-state index contributed by atoms with van der Waals surface area (Å²) >= 11 is 3.53. The van der Waals surface area contributed by atoms with Crippen LogP contribution in [0.1, 0.15) is 91.3 Å². The van der Waals surface area contributed by atoms with Gasteiger partial charge in [-0.15, -0.1) is 0 Å². The number of rotatable bonds is 6. The van der Waals surface area contributed by atoms with Gasteiger partial charge in [0.15, 0.2) is 17.3 Å². The average molecular weight is 814 g/mol. The third-order valence-electron chi connectivity index (χ3n) is 10.3. The third kappa shape index (κ3) is 6.40. The number of ether oxygens (including phenoxy) is 5. The fourth-order valence-electron chi connectivity index (χ4n) is 8.16. The lowest BCUT2D eigenvalue weighted by molar-refractivity contribution is 0.0207. The molecular formula is C42H41BrN2O10. The van der Waals surface area contributed by atoms with Gasteiger partial charge in [-0.1, -0.05) is 57.5 Å². The lowest BCUT2D eigenvalue weighted by Crippen LogP contribution is -2.45. The van der Waals surface area contributed by atoms with E-state index in [1.54, 1.807) is 60.7 Å². The molecule has 13 heteroatoms. The molecule has 0 N–H and O–H groups in total. The van der Waals surface area contributed by atoms with Gasteiger partial charge in [0.2, 0.25) is 11.4 Å². The van der Waals surface area contributed by atoms with Gasteiger partial charge in [-0.05, 0) is 83.6 Å². The minimum Gasteiger partial charge on any atom is -0.470 e. The number of ketones is 2. The summed E-state index contributed by atoms with van der Waals surface area (Å²) in [7, 11) is 1.60. The molecule has 8 rings (SSSR count). The number of allylic oxidation sites excluding steroid dienone is 1. The number of amides is 1. The topological polar surface area (TPSA) is 147 Å². The van der Waals surface area contributed by atoms with Crippen LogP contribution in [-0.2, 0) is 45.0 Å². The first-order valence-corrected chi connectivity index (χ1v) is 19.0. The number of hydrogen-bond donors (Lipinski definition) is 0. The second-order valence-electron chi connectivity index (χ2n) is 16.5. The Kier molecular flexibility index (Phi) is 8.76. The van der Waals surface area contributed by atoms with E-state index in [1.807, 2.05) is 36.4 Å². The number of benzene rings is 3. The van der Waals surface area contributed by atoms with Crippen molar-refractivity contribution in [3.8, 4) is 5.75 Å². The van der Waals surface area contributed by atoms with E-state index in [1.165, 1.54) is 4.90 Å². The van der Waals surface area contributed by atoms with Crippen LogP contribution in [0.5, 0.6) is 5.75 Å². The summed E-state index contributed by atoms with van der Waals surface area (Å²) in [4.78, 5) is 58.0. The molecule has 0 bridgehead atoms. The number of epoxide rings is 1. The van der Waals surface area contributed by atoms with Gasteiger partial charge in [0.05, 0.1) is 30.0 Å². The number of aromatic nitrogens is 1. The summed E-state index contributed by atoms with van der Waals surface area (Å²) in [6, 6.07) is 15.0. The van der Waals surface area contributed by atoms with Crippen LogP contribution in [0.25, 0.3) is 10.8 Å². The second kappa shape index (κ2) is 13.0. The fraction of sp³-hybridized carbons (Fsp3) is 0.405. The predicted molar refractivity (Wildman–Crippen MR) is 203 cm³/mol. The van der Waals surface area contributed by atoms with Crippen molar-refractivity contribution in [3.63, 3.8) is 0 Å². The summed E-state index contributed by atoms with van der Waals surface area (Å²) in [5, 5.41) is 5.18. The van der Waals surface area contributed by atoms with E-state index in [-0.39, 0.29) is 42.0 Å². The lowest BCUT2D eigenvalue weighted by Gasteiger charge is -2.37. The van der Waals surface area contributed by atoms with Crippen molar-refractivity contribution in [2.24, 2.45) is 11.8 Å². The first-order valence-electron chi connectivity index (χ1n) is 18.2. The molecule has 1 spiro atoms. The minimum atomic E-state index is -1.34. The van der Waals surface area contributed by atoms with Crippen molar-refractivity contribution >= 4 is 56.2 Å². The Hall–Kier alpha value is -5.01. The standard InChI is InChI=1S/C42H41BrN2O10/c1-40(2,3)53-38(48)45(7)33-25-14-13-24(43)18-26(25)35(51-39(49)54-41(4,5)6)31-27(33)16-22-15-23-17-29-32(36(47)42(23)37(52-42)30(22)34(31)46)28(44-55-29)20-50-19-21-11-9-8-10-12-21/h8-14,18,22-23H,15-17,19-20H2,1-7H3/t22?,23-,42+/m0/s1. The number of fused-ring (bicyclic) bond motifs is 4. The molecule has 12 nitrogen and oxygen atoms in total. The van der Waals surface area contributed by atoms with E-state index in [4.69, 9.17) is 28.2 Å². The summed E-state index contributed by atoms with van der Waals surface area (Å²) in [5.41, 5.74) is 0.0709. The summed E-state index contributed by atoms with van der Waals surface area (Å²) < 4.78 is 35.9. The lowest BCUT2D eigenvalue weighted by atomic mass is 9.63. The van der Waals surface area contributed by atoms with Crippen LogP contribution in [0.15, 0.2) is 68.9 Å². The molecule has 3 aromatic carbocycles. The average Bonchev–Trinajstić information content (AvgIpc) is 3.73. The first kappa shape index (κ1) is 36.9. The quantitative estimate of drug-likeness (QED) is 0.105. The van der Waals surface area contributed by atoms with Crippen LogP contribution in [0.3, 0.4) is 0 Å². The highest BCUT2D eigenvalue weighted by Gasteiger charge is 2.72. The molecule has 2 heterocycles. The van der Waals surface area contributed by atoms with E-state index in [2.05, 4.69) is 21.1 Å². The van der Waals surface area contributed by atoms with Crippen LogP contribution in [0.4, 0.5) is 15.3 Å². The Bertz CT molecular complexity index is 2330. The summed E-state index contributed by atoms with van der Waals surface area (Å²) in [6.07, 6.45) is -0.533. The van der Waals surface area contributed by atoms with Crippen LogP contribution in [0, 0.1) is 11.8 Å². The second-order valence-corrected chi connectivity index (χ2v) is 17.4. The summed E-state index contributed by atoms with van der Waals surface area (Å²) in [5.74, 6) is -0.689. The zero-order chi connectivity index (χ0) is 39.2. The maximum Gasteiger partial charge on any atom is 0.514 e. The van der Waals surface area contributed by atoms with Crippen molar-refractivity contribution in [1.82, 2.24) is 5.16 Å². The first-order chi connectivity index (χ1) is 26.0. The van der Waals surface area contributed by atoms with Crippen LogP contribution >= 0.6 is 15.9 Å². The van der Waals surface area contributed by atoms with E-state index in [0.717, 1.165) is 5.56 Å². The number of carbonyl (C=O) groups excluding carboxylic acids is 4. The Labute approximate surface area is 326 Å². The van der Waals surface area contributed by atoms with Gasteiger partial charge in [0.1, 0.15) is 22.7 Å². The molecule has 1 unspecified atom stereocenters. The van der Waals surface area contributed by atoms with Crippen LogP contribution < -0.4 is 9.64 Å². The molecule has 55 heavy (non-hydrogen) atoms. The Morgan fingerprint density at radius 3 is 2.38 bits per heavy atom. The van der Waals surface area contributed by atoms with E-state index < -0.39 is 34.8 Å². The molecule has 4 aromatic rings. The van der Waals surface area contributed by atoms with Gasteiger partial charge in [-0.25, -0.2) is 9.59 Å². The zero-order valence-corrected chi connectivity index (χ0v) is 33.2. The van der Waals surface area contributed by atoms with Gasteiger partial charge < -0.3 is 28.2 Å². The van der Waals surface area contributed by atoms with Gasteiger partial charge in [-0.3, -0.25) is 14.5 Å². The molecule has 0 radical (unpaired) electrons. The smallest absolute Gasteiger partial charge is 0.470 e. The van der Waals surface area contributed by atoms with Crippen molar-refractivity contribution in [2.75, 3.05) is 11.9 Å². The molecular weight excluding hydrogens is 772 g/mol. The normalized spacial score (nSPS) is 21.1. The number of anilines is 1. The van der Waals surface area contributed by atoms with Gasteiger partial charge in [0.25, 0.3) is 0 Å². The Morgan fingerprint density at radius 2 is 1.67 bits per heavy atom. The molecule has 3 aliphatic carbocycles. The number of nitrogens with zero attached hydrogens (tertiary/aromatic N) is 2. The van der Waals surface area contributed by atoms with E-state index in [9.17, 15) is 14.4 Å². The van der Waals surface area contributed by atoms with Crippen LogP contribution in [0.2, 0.25) is 0 Å². The molecule has 0 saturated carbocycles. The number of halogens is 1. The van der Waals surface area contributed by atoms with Gasteiger partial charge in [0, 0.05) is 40.2 Å². The molecule has 4 aliphatic rings. The number of hydrogen-bond acceptors (Lipinski definition) is 11. The zero-order valence-electron chi connectivity index (χ0n) is 31.7. The molecule has 1 aromatic heterocycles. The Morgan fingerprint density at radius 1 is 0.945 bits per heavy atom. The molecule has 1 aliphatic heterocycles. The largest absolute Gasteiger partial charge is 0.514 e. The van der Waals surface area contributed by atoms with Crippen molar-refractivity contribution in [2.45, 2.75) is 90.8 Å². The van der Waals surface area contributed by atoms with Crippen LogP contribution in [-0.4, -0.2) is 52.8 Å². The van der Waals surface area contributed by atoms with Crippen molar-refractivity contribution in [1.29, 1.82) is 0 Å². The maximum absolute atomic E-state index is 15.1. The highest BCUT2D eigenvalue weighted by Crippen LogP contribution is 2.63. The third-order valence-corrected chi connectivity index (χ3v) is 10.8. The van der Waals surface area contributed by atoms with Gasteiger partial charge >= 0.3 is 12.2 Å².